The molecule has 8 heteroatoms. The van der Waals surface area contributed by atoms with Gasteiger partial charge in [0.05, 0.1) is 0 Å². The molecule has 1 atom stereocenters. The lowest BCUT2D eigenvalue weighted by Gasteiger charge is -2.03. The highest BCUT2D eigenvalue weighted by atomic mass is 16.9. The lowest BCUT2D eigenvalue weighted by molar-refractivity contribution is -0.742. The van der Waals surface area contributed by atoms with Gasteiger partial charge in [0, 0.05) is 5.56 Å². The molecule has 0 bridgehead atoms. The van der Waals surface area contributed by atoms with Crippen LogP contribution in [0.5, 0.6) is 5.75 Å². The number of aryl methyl sites for hydroxylation is 1. The number of hydrogen-bond donors (Lipinski definition) is 3. The molecule has 0 amide bonds. The molecule has 8 nitrogen and oxygen atoms in total. The molecule has 2 rings (SSSR count). The summed E-state index contributed by atoms with van der Waals surface area (Å²) in [6, 6.07) is 5.94. The minimum Gasteiger partial charge on any atom is -0.490 e. The lowest BCUT2D eigenvalue weighted by Crippen LogP contribution is -2.24. The number of para-hydroxylation sites is 1. The Bertz CT molecular complexity index is 467. The van der Waals surface area contributed by atoms with E-state index in [1.807, 2.05) is 25.1 Å². The quantitative estimate of drug-likeness (QED) is 0.286. The van der Waals surface area contributed by atoms with Crippen LogP contribution in [0.2, 0.25) is 0 Å². The molecule has 0 saturated carbocycles. The van der Waals surface area contributed by atoms with Crippen LogP contribution in [0.25, 0.3) is 0 Å². The van der Waals surface area contributed by atoms with Crippen LogP contribution >= 0.6 is 0 Å². The normalized spacial score (nSPS) is 15.7. The number of rotatable bonds is 1. The zero-order chi connectivity index (χ0) is 13.7. The van der Waals surface area contributed by atoms with Gasteiger partial charge in [-0.3, -0.25) is 0 Å². The number of nitrogens with zero attached hydrogens (tertiary/aromatic N) is 2. The maximum Gasteiger partial charge on any atom is 0.291 e. The van der Waals surface area contributed by atoms with Crippen molar-refractivity contribution in [3.8, 4) is 5.75 Å². The van der Waals surface area contributed by atoms with Crippen molar-refractivity contribution >= 4 is 5.96 Å². The summed E-state index contributed by atoms with van der Waals surface area (Å²) in [6.45, 7) is 2.54. The Morgan fingerprint density at radius 2 is 2.22 bits per heavy atom. The first-order valence-electron chi connectivity index (χ1n) is 5.06. The fraction of sp³-hybridized carbons (Fsp3) is 0.300. The van der Waals surface area contributed by atoms with Crippen molar-refractivity contribution in [1.29, 1.82) is 0 Å². The zero-order valence-corrected chi connectivity index (χ0v) is 9.74. The summed E-state index contributed by atoms with van der Waals surface area (Å²) in [4.78, 5) is 12.5. The van der Waals surface area contributed by atoms with Crippen molar-refractivity contribution < 1.29 is 15.0 Å². The molecule has 1 heterocycles. The van der Waals surface area contributed by atoms with E-state index in [4.69, 9.17) is 31.5 Å². The molecule has 1 aromatic carbocycles. The topological polar surface area (TPSA) is 137 Å². The minimum atomic E-state index is -1.50. The molecular weight excluding hydrogens is 240 g/mol. The van der Waals surface area contributed by atoms with E-state index in [0.29, 0.717) is 6.61 Å². The summed E-state index contributed by atoms with van der Waals surface area (Å²) in [5.74, 6) is 1.02. The van der Waals surface area contributed by atoms with Crippen LogP contribution in [0, 0.1) is 17.0 Å². The summed E-state index contributed by atoms with van der Waals surface area (Å²) >= 11 is 0. The first-order valence-corrected chi connectivity index (χ1v) is 5.06. The molecule has 0 saturated heterocycles. The average molecular weight is 254 g/mol. The van der Waals surface area contributed by atoms with Gasteiger partial charge in [-0.1, -0.05) is 18.2 Å². The first-order chi connectivity index (χ1) is 8.41. The number of guanidine groups is 1. The van der Waals surface area contributed by atoms with Gasteiger partial charge in [-0.25, -0.2) is 4.99 Å². The Hall–Kier alpha value is -2.51. The minimum absolute atomic E-state index is 0.0464. The second-order valence-corrected chi connectivity index (χ2v) is 3.61. The van der Waals surface area contributed by atoms with Crippen LogP contribution in [0.3, 0.4) is 0 Å². The molecule has 1 aromatic rings. The van der Waals surface area contributed by atoms with Crippen molar-refractivity contribution in [2.45, 2.75) is 13.0 Å². The molecule has 98 valence electrons. The van der Waals surface area contributed by atoms with Gasteiger partial charge in [0.1, 0.15) is 18.4 Å². The van der Waals surface area contributed by atoms with Gasteiger partial charge < -0.3 is 21.4 Å². The van der Waals surface area contributed by atoms with Crippen LogP contribution in [-0.2, 0) is 0 Å². The summed E-state index contributed by atoms with van der Waals surface area (Å²) in [6.07, 6.45) is 0. The molecule has 0 radical (unpaired) electrons. The van der Waals surface area contributed by atoms with Gasteiger partial charge in [-0.15, -0.1) is 10.1 Å². The van der Waals surface area contributed by atoms with Gasteiger partial charge in [0.15, 0.2) is 5.96 Å². The molecule has 1 aliphatic rings. The van der Waals surface area contributed by atoms with Gasteiger partial charge in [0.2, 0.25) is 0 Å². The number of fused-ring (bicyclic) bond motifs is 1. The van der Waals surface area contributed by atoms with Crippen molar-refractivity contribution in [2.75, 3.05) is 6.61 Å². The summed E-state index contributed by atoms with van der Waals surface area (Å²) < 4.78 is 5.52. The molecule has 0 aliphatic carbocycles. The third-order valence-corrected chi connectivity index (χ3v) is 2.29. The van der Waals surface area contributed by atoms with Crippen LogP contribution in [0.4, 0.5) is 0 Å². The largest absolute Gasteiger partial charge is 0.490 e. The predicted octanol–water partition coefficient (Wildman–Crippen LogP) is 0.354. The van der Waals surface area contributed by atoms with Crippen LogP contribution in [-0.4, -0.2) is 22.9 Å². The Morgan fingerprint density at radius 3 is 2.78 bits per heavy atom. The Balaban J connectivity index is 0.000000357. The van der Waals surface area contributed by atoms with Crippen molar-refractivity contribution in [3.63, 3.8) is 0 Å². The molecule has 0 fully saturated rings. The highest BCUT2D eigenvalue weighted by Gasteiger charge is 2.24. The molecule has 0 aromatic heterocycles. The van der Waals surface area contributed by atoms with E-state index >= 15 is 0 Å². The van der Waals surface area contributed by atoms with E-state index in [0.717, 1.165) is 16.9 Å². The van der Waals surface area contributed by atoms with E-state index in [2.05, 4.69) is 4.99 Å². The monoisotopic (exact) mass is 254 g/mol. The Labute approximate surface area is 103 Å². The maximum absolute atomic E-state index is 8.36. The summed E-state index contributed by atoms with van der Waals surface area (Å²) in [5, 5.41) is 13.6. The molecule has 1 unspecified atom stereocenters. The number of nitrogens with two attached hydrogens (primary N) is 2. The molecule has 18 heavy (non-hydrogen) atoms. The molecule has 5 N–H and O–H groups in total. The fourth-order valence-corrected chi connectivity index (χ4v) is 1.67. The second-order valence-electron chi connectivity index (χ2n) is 3.61. The third kappa shape index (κ3) is 3.51. The van der Waals surface area contributed by atoms with Crippen molar-refractivity contribution in [1.82, 2.24) is 0 Å². The molecule has 1 aliphatic heterocycles. The van der Waals surface area contributed by atoms with E-state index in [9.17, 15) is 0 Å². The van der Waals surface area contributed by atoms with Gasteiger partial charge in [0.25, 0.3) is 5.09 Å². The zero-order valence-electron chi connectivity index (χ0n) is 9.74. The van der Waals surface area contributed by atoms with Crippen molar-refractivity contribution in [2.24, 2.45) is 16.5 Å². The molecule has 0 spiro atoms. The van der Waals surface area contributed by atoms with Crippen LogP contribution in [0.1, 0.15) is 17.2 Å². The van der Waals surface area contributed by atoms with Crippen LogP contribution < -0.4 is 16.2 Å². The smallest absolute Gasteiger partial charge is 0.291 e. The fourth-order valence-electron chi connectivity index (χ4n) is 1.67. The van der Waals surface area contributed by atoms with E-state index in [1.165, 1.54) is 0 Å². The Morgan fingerprint density at radius 1 is 1.61 bits per heavy atom. The predicted molar refractivity (Wildman–Crippen MR) is 64.0 cm³/mol. The summed E-state index contributed by atoms with van der Waals surface area (Å²) in [7, 11) is 0. The van der Waals surface area contributed by atoms with Gasteiger partial charge in [-0.05, 0) is 12.5 Å². The number of benzene rings is 1. The average Bonchev–Trinajstić information content (AvgIpc) is 2.61. The Kier molecular flexibility index (Phi) is 4.30. The number of aliphatic imine (C=N–C) groups is 1. The van der Waals surface area contributed by atoms with E-state index in [1.54, 1.807) is 0 Å². The SMILES string of the molecule is Cc1cccc2c1OCC2N=C(N)N.O=[N+]([O-])O. The number of hydrogen-bond acceptors (Lipinski definition) is 4. The maximum atomic E-state index is 8.36. The molecular formula is C10H14N4O4. The van der Waals surface area contributed by atoms with Crippen molar-refractivity contribution in [3.05, 3.63) is 39.4 Å². The van der Waals surface area contributed by atoms with E-state index < -0.39 is 5.09 Å². The standard InChI is InChI=1S/C10H13N3O.HNO3/c1-6-3-2-4-7-8(13-10(11)12)5-14-9(6)7;2-1(3)4/h2-4,8H,5H2,1H3,(H4,11,12,13);(H,2,3,4). The second kappa shape index (κ2) is 5.71. The van der Waals surface area contributed by atoms with Gasteiger partial charge >= 0.3 is 0 Å². The third-order valence-electron chi connectivity index (χ3n) is 2.29. The van der Waals surface area contributed by atoms with Crippen LogP contribution in [0.15, 0.2) is 23.2 Å². The lowest BCUT2D eigenvalue weighted by atomic mass is 10.1. The highest BCUT2D eigenvalue weighted by molar-refractivity contribution is 5.76. The summed E-state index contributed by atoms with van der Waals surface area (Å²) in [5.41, 5.74) is 12.9. The van der Waals surface area contributed by atoms with E-state index in [-0.39, 0.29) is 12.0 Å². The number of ether oxygens (including phenoxy) is 1. The van der Waals surface area contributed by atoms with Gasteiger partial charge in [-0.2, -0.15) is 0 Å². The first kappa shape index (κ1) is 13.6. The highest BCUT2D eigenvalue weighted by Crippen LogP contribution is 2.36.